The second-order valence-corrected chi connectivity index (χ2v) is 7.91. The molecule has 1 saturated heterocycles. The summed E-state index contributed by atoms with van der Waals surface area (Å²) in [7, 11) is 0. The highest BCUT2D eigenvalue weighted by molar-refractivity contribution is 5.62. The van der Waals surface area contributed by atoms with E-state index < -0.39 is 11.7 Å². The van der Waals surface area contributed by atoms with E-state index in [9.17, 15) is 13.2 Å². The standard InChI is InChI=1S/C19H23F3N6O2/c1-11-15-17(28(26-11)12-3-2-4-12)25-18-23-9-14(19(20,21)22)16(24-18)27-6-8-29-10-13(27)5-7-30-15/h9,12-13H,2-8,10H2,1H3,(H,23,24,25)/t13-/m0/s1. The summed E-state index contributed by atoms with van der Waals surface area (Å²) >= 11 is 0. The zero-order valence-corrected chi connectivity index (χ0v) is 16.6. The first kappa shape index (κ1) is 19.4. The minimum Gasteiger partial charge on any atom is -0.488 e. The average molecular weight is 424 g/mol. The molecule has 0 aromatic carbocycles. The van der Waals surface area contributed by atoms with Crippen molar-refractivity contribution in [3.63, 3.8) is 0 Å². The van der Waals surface area contributed by atoms with Crippen molar-refractivity contribution < 1.29 is 22.6 Å². The monoisotopic (exact) mass is 424 g/mol. The van der Waals surface area contributed by atoms with Crippen LogP contribution >= 0.6 is 0 Å². The SMILES string of the molecule is Cc1nn(C2CCC2)c2c1OCC[C@H]1COCCN1c1nc(ncc1C(F)(F)F)N2. The lowest BCUT2D eigenvalue weighted by molar-refractivity contribution is -0.137. The third kappa shape index (κ3) is 3.34. The number of halogens is 3. The molecule has 1 saturated carbocycles. The van der Waals surface area contributed by atoms with Crippen LogP contribution in [-0.4, -0.2) is 52.2 Å². The Balaban J connectivity index is 1.62. The molecule has 1 aliphatic carbocycles. The number of alkyl halides is 3. The van der Waals surface area contributed by atoms with Crippen molar-refractivity contribution in [3.8, 4) is 5.75 Å². The van der Waals surface area contributed by atoms with Crippen LogP contribution in [0.2, 0.25) is 0 Å². The van der Waals surface area contributed by atoms with Gasteiger partial charge in [0.2, 0.25) is 5.95 Å². The summed E-state index contributed by atoms with van der Waals surface area (Å²) in [4.78, 5) is 9.95. The van der Waals surface area contributed by atoms with Crippen LogP contribution < -0.4 is 15.0 Å². The van der Waals surface area contributed by atoms with E-state index in [0.29, 0.717) is 44.4 Å². The van der Waals surface area contributed by atoms with Crippen molar-refractivity contribution in [2.24, 2.45) is 0 Å². The van der Waals surface area contributed by atoms with Crippen molar-refractivity contribution in [2.75, 3.05) is 36.6 Å². The van der Waals surface area contributed by atoms with Gasteiger partial charge in [-0.3, -0.25) is 0 Å². The van der Waals surface area contributed by atoms with E-state index in [2.05, 4.69) is 20.4 Å². The molecule has 2 aromatic rings. The zero-order valence-electron chi connectivity index (χ0n) is 16.6. The van der Waals surface area contributed by atoms with Crippen molar-refractivity contribution in [2.45, 2.75) is 50.9 Å². The Morgan fingerprint density at radius 2 is 2.00 bits per heavy atom. The summed E-state index contributed by atoms with van der Waals surface area (Å²) in [5.74, 6) is 1.16. The minimum atomic E-state index is -4.55. The maximum atomic E-state index is 13.7. The van der Waals surface area contributed by atoms with E-state index in [1.54, 1.807) is 4.90 Å². The van der Waals surface area contributed by atoms with Crippen molar-refractivity contribution in [1.82, 2.24) is 19.7 Å². The molecule has 1 atom stereocenters. The molecule has 0 spiro atoms. The van der Waals surface area contributed by atoms with Crippen molar-refractivity contribution >= 4 is 17.6 Å². The van der Waals surface area contributed by atoms with E-state index in [1.807, 2.05) is 11.6 Å². The number of morpholine rings is 1. The molecule has 11 heteroatoms. The highest BCUT2D eigenvalue weighted by atomic mass is 19.4. The number of rotatable bonds is 1. The molecule has 162 valence electrons. The number of fused-ring (bicyclic) bond motifs is 5. The zero-order chi connectivity index (χ0) is 20.9. The molecular formula is C19H23F3N6O2. The summed E-state index contributed by atoms with van der Waals surface area (Å²) in [5.41, 5.74) is -0.114. The lowest BCUT2D eigenvalue weighted by Gasteiger charge is -2.37. The molecule has 1 N–H and O–H groups in total. The molecule has 0 unspecified atom stereocenters. The van der Waals surface area contributed by atoms with Gasteiger partial charge in [-0.25, -0.2) is 9.67 Å². The quantitative estimate of drug-likeness (QED) is 0.751. The maximum absolute atomic E-state index is 13.7. The summed E-state index contributed by atoms with van der Waals surface area (Å²) < 4.78 is 54.6. The fourth-order valence-electron chi connectivity index (χ4n) is 4.14. The highest BCUT2D eigenvalue weighted by Crippen LogP contribution is 2.41. The van der Waals surface area contributed by atoms with Crippen LogP contribution in [0.25, 0.3) is 0 Å². The topological polar surface area (TPSA) is 77.3 Å². The molecule has 2 fully saturated rings. The van der Waals surface area contributed by atoms with Gasteiger partial charge in [-0.05, 0) is 26.2 Å². The van der Waals surface area contributed by atoms with Gasteiger partial charge in [0.1, 0.15) is 17.1 Å². The largest absolute Gasteiger partial charge is 0.488 e. The molecule has 0 radical (unpaired) electrons. The van der Waals surface area contributed by atoms with Crippen LogP contribution in [0.5, 0.6) is 5.75 Å². The molecule has 2 aromatic heterocycles. The first-order valence-electron chi connectivity index (χ1n) is 10.2. The summed E-state index contributed by atoms with van der Waals surface area (Å²) in [6, 6.07) is -0.0338. The predicted molar refractivity (Wildman–Crippen MR) is 102 cm³/mol. The van der Waals surface area contributed by atoms with Crippen LogP contribution in [-0.2, 0) is 10.9 Å². The average Bonchev–Trinajstić information content (AvgIpc) is 2.94. The van der Waals surface area contributed by atoms with Crippen LogP contribution in [0, 0.1) is 6.92 Å². The number of aryl methyl sites for hydroxylation is 1. The first-order valence-corrected chi connectivity index (χ1v) is 10.2. The Labute approximate surface area is 171 Å². The Hall–Kier alpha value is -2.56. The van der Waals surface area contributed by atoms with Crippen molar-refractivity contribution in [3.05, 3.63) is 17.5 Å². The number of hydrogen-bond acceptors (Lipinski definition) is 7. The van der Waals surface area contributed by atoms with Gasteiger partial charge in [0.25, 0.3) is 0 Å². The second kappa shape index (κ2) is 7.29. The number of nitrogens with zero attached hydrogens (tertiary/aromatic N) is 5. The molecule has 4 heterocycles. The second-order valence-electron chi connectivity index (χ2n) is 7.91. The van der Waals surface area contributed by atoms with Crippen LogP contribution in [0.4, 0.5) is 30.8 Å². The fraction of sp³-hybridized carbons (Fsp3) is 0.632. The molecule has 2 bridgehead atoms. The summed E-state index contributed by atoms with van der Waals surface area (Å²) in [6.45, 7) is 3.19. The Morgan fingerprint density at radius 3 is 2.73 bits per heavy atom. The summed E-state index contributed by atoms with van der Waals surface area (Å²) in [6.07, 6.45) is -0.0701. The third-order valence-corrected chi connectivity index (χ3v) is 5.95. The van der Waals surface area contributed by atoms with E-state index in [0.717, 1.165) is 31.2 Å². The first-order chi connectivity index (χ1) is 14.4. The molecular weight excluding hydrogens is 401 g/mol. The number of ether oxygens (including phenoxy) is 2. The van der Waals surface area contributed by atoms with Gasteiger partial charge < -0.3 is 19.7 Å². The Bertz CT molecular complexity index is 943. The molecule has 5 rings (SSSR count). The van der Waals surface area contributed by atoms with E-state index in [1.165, 1.54) is 0 Å². The molecule has 2 aliphatic heterocycles. The van der Waals surface area contributed by atoms with Gasteiger partial charge >= 0.3 is 6.18 Å². The lowest BCUT2D eigenvalue weighted by atomic mass is 9.93. The molecule has 8 nitrogen and oxygen atoms in total. The minimum absolute atomic E-state index is 0.0930. The normalized spacial score (nSPS) is 22.1. The summed E-state index contributed by atoms with van der Waals surface area (Å²) in [5, 5.41) is 7.72. The van der Waals surface area contributed by atoms with Crippen molar-refractivity contribution in [1.29, 1.82) is 0 Å². The van der Waals surface area contributed by atoms with Gasteiger partial charge in [0, 0.05) is 19.2 Å². The van der Waals surface area contributed by atoms with Gasteiger partial charge in [-0.1, -0.05) is 0 Å². The van der Waals surface area contributed by atoms with Gasteiger partial charge in [-0.15, -0.1) is 0 Å². The van der Waals surface area contributed by atoms with Crippen LogP contribution in [0.15, 0.2) is 6.20 Å². The van der Waals surface area contributed by atoms with Crippen LogP contribution in [0.3, 0.4) is 0 Å². The van der Waals surface area contributed by atoms with Gasteiger partial charge in [0.15, 0.2) is 11.6 Å². The molecule has 0 amide bonds. The van der Waals surface area contributed by atoms with E-state index in [4.69, 9.17) is 9.47 Å². The molecule has 30 heavy (non-hydrogen) atoms. The lowest BCUT2D eigenvalue weighted by Crippen LogP contribution is -2.47. The Kier molecular flexibility index (Phi) is 4.72. The Morgan fingerprint density at radius 1 is 1.17 bits per heavy atom. The molecule has 3 aliphatic rings. The number of aromatic nitrogens is 4. The van der Waals surface area contributed by atoms with E-state index in [-0.39, 0.29) is 23.8 Å². The fourth-order valence-corrected chi connectivity index (χ4v) is 4.14. The number of nitrogens with one attached hydrogen (secondary N) is 1. The van der Waals surface area contributed by atoms with Crippen LogP contribution in [0.1, 0.15) is 43.0 Å². The van der Waals surface area contributed by atoms with Gasteiger partial charge in [-0.2, -0.15) is 23.3 Å². The van der Waals surface area contributed by atoms with Gasteiger partial charge in [0.05, 0.1) is 31.9 Å². The maximum Gasteiger partial charge on any atom is 0.421 e. The number of anilines is 3. The highest BCUT2D eigenvalue weighted by Gasteiger charge is 2.39. The predicted octanol–water partition coefficient (Wildman–Crippen LogP) is 3.46. The smallest absolute Gasteiger partial charge is 0.421 e. The third-order valence-electron chi connectivity index (χ3n) is 5.95. The number of hydrogen-bond donors (Lipinski definition) is 1. The van der Waals surface area contributed by atoms with E-state index >= 15 is 0 Å².